The number of rotatable bonds is 7. The van der Waals surface area contributed by atoms with Crippen molar-refractivity contribution < 1.29 is 4.39 Å². The second kappa shape index (κ2) is 8.43. The van der Waals surface area contributed by atoms with Crippen LogP contribution in [0.1, 0.15) is 18.1 Å². The van der Waals surface area contributed by atoms with Crippen molar-refractivity contribution in [3.05, 3.63) is 77.7 Å². The van der Waals surface area contributed by atoms with E-state index in [4.69, 9.17) is 0 Å². The number of anilines is 3. The summed E-state index contributed by atoms with van der Waals surface area (Å²) in [7, 11) is 0. The molecular weight excluding hydrogens is 327 g/mol. The molecule has 1 heterocycles. The van der Waals surface area contributed by atoms with Crippen molar-refractivity contribution in [1.82, 2.24) is 9.97 Å². The number of hydrogen-bond acceptors (Lipinski definition) is 4. The monoisotopic (exact) mass is 350 g/mol. The Morgan fingerprint density at radius 1 is 1.08 bits per heavy atom. The van der Waals surface area contributed by atoms with Crippen molar-refractivity contribution in [2.24, 2.45) is 0 Å². The highest BCUT2D eigenvalue weighted by Crippen LogP contribution is 2.23. The molecule has 1 N–H and O–H groups in total. The SMILES string of the molecule is CCN(c1cccc(C)c1)c1nccc(NCCc2ccccc2F)n1. The van der Waals surface area contributed by atoms with Crippen LogP contribution in [0.2, 0.25) is 0 Å². The molecule has 0 saturated heterocycles. The molecule has 0 bridgehead atoms. The van der Waals surface area contributed by atoms with Gasteiger partial charge in [0.1, 0.15) is 11.6 Å². The van der Waals surface area contributed by atoms with E-state index in [1.54, 1.807) is 18.3 Å². The molecule has 4 nitrogen and oxygen atoms in total. The first-order valence-electron chi connectivity index (χ1n) is 8.82. The minimum atomic E-state index is -0.172. The molecular formula is C21H23FN4. The summed E-state index contributed by atoms with van der Waals surface area (Å²) in [5, 5.41) is 3.26. The summed E-state index contributed by atoms with van der Waals surface area (Å²) < 4.78 is 13.7. The predicted molar refractivity (Wildman–Crippen MR) is 104 cm³/mol. The molecule has 0 unspecified atom stereocenters. The highest BCUT2D eigenvalue weighted by Gasteiger charge is 2.11. The number of nitrogens with one attached hydrogen (secondary N) is 1. The first-order chi connectivity index (χ1) is 12.7. The number of aryl methyl sites for hydroxylation is 1. The Kier molecular flexibility index (Phi) is 5.79. The van der Waals surface area contributed by atoms with Gasteiger partial charge in [0.05, 0.1) is 0 Å². The van der Waals surface area contributed by atoms with E-state index in [0.717, 1.165) is 18.1 Å². The van der Waals surface area contributed by atoms with E-state index in [9.17, 15) is 4.39 Å². The zero-order chi connectivity index (χ0) is 18.4. The van der Waals surface area contributed by atoms with E-state index in [-0.39, 0.29) is 5.82 Å². The Morgan fingerprint density at radius 3 is 2.69 bits per heavy atom. The Morgan fingerprint density at radius 2 is 1.92 bits per heavy atom. The largest absolute Gasteiger partial charge is 0.370 e. The molecule has 0 aliphatic heterocycles. The van der Waals surface area contributed by atoms with Gasteiger partial charge in [0.15, 0.2) is 0 Å². The third-order valence-electron chi connectivity index (χ3n) is 4.17. The van der Waals surface area contributed by atoms with Crippen LogP contribution in [0.4, 0.5) is 21.8 Å². The number of benzene rings is 2. The van der Waals surface area contributed by atoms with E-state index in [0.29, 0.717) is 24.5 Å². The van der Waals surface area contributed by atoms with Gasteiger partial charge in [0.2, 0.25) is 5.95 Å². The first-order valence-corrected chi connectivity index (χ1v) is 8.82. The molecule has 0 amide bonds. The molecule has 2 aromatic carbocycles. The van der Waals surface area contributed by atoms with Gasteiger partial charge in [-0.2, -0.15) is 4.98 Å². The lowest BCUT2D eigenvalue weighted by Gasteiger charge is -2.21. The molecule has 0 aliphatic carbocycles. The average molecular weight is 350 g/mol. The molecule has 5 heteroatoms. The molecule has 0 radical (unpaired) electrons. The van der Waals surface area contributed by atoms with Crippen LogP contribution >= 0.6 is 0 Å². The lowest BCUT2D eigenvalue weighted by molar-refractivity contribution is 0.610. The van der Waals surface area contributed by atoms with Gasteiger partial charge in [-0.05, 0) is 55.7 Å². The van der Waals surface area contributed by atoms with Crippen LogP contribution in [-0.4, -0.2) is 23.1 Å². The van der Waals surface area contributed by atoms with Gasteiger partial charge < -0.3 is 10.2 Å². The Hall–Kier alpha value is -2.95. The lowest BCUT2D eigenvalue weighted by Crippen LogP contribution is -2.19. The van der Waals surface area contributed by atoms with Gasteiger partial charge in [-0.25, -0.2) is 9.37 Å². The van der Waals surface area contributed by atoms with Crippen molar-refractivity contribution in [3.8, 4) is 0 Å². The van der Waals surface area contributed by atoms with Crippen LogP contribution in [0.5, 0.6) is 0 Å². The normalized spacial score (nSPS) is 10.6. The second-order valence-corrected chi connectivity index (χ2v) is 6.09. The summed E-state index contributed by atoms with van der Waals surface area (Å²) in [6.45, 7) is 5.51. The van der Waals surface area contributed by atoms with Crippen LogP contribution in [-0.2, 0) is 6.42 Å². The summed E-state index contributed by atoms with van der Waals surface area (Å²) in [4.78, 5) is 11.1. The minimum absolute atomic E-state index is 0.172. The number of halogens is 1. The predicted octanol–water partition coefficient (Wildman–Crippen LogP) is 4.74. The Balaban J connectivity index is 1.70. The van der Waals surface area contributed by atoms with E-state index in [2.05, 4.69) is 52.2 Å². The quantitative estimate of drug-likeness (QED) is 0.668. The van der Waals surface area contributed by atoms with Crippen molar-refractivity contribution in [1.29, 1.82) is 0 Å². The van der Waals surface area contributed by atoms with Gasteiger partial charge >= 0.3 is 0 Å². The third-order valence-corrected chi connectivity index (χ3v) is 4.17. The number of nitrogens with zero attached hydrogens (tertiary/aromatic N) is 3. The molecule has 26 heavy (non-hydrogen) atoms. The fourth-order valence-corrected chi connectivity index (χ4v) is 2.84. The molecule has 1 aromatic heterocycles. The van der Waals surface area contributed by atoms with Gasteiger partial charge in [-0.3, -0.25) is 0 Å². The highest BCUT2D eigenvalue weighted by atomic mass is 19.1. The van der Waals surface area contributed by atoms with E-state index < -0.39 is 0 Å². The highest BCUT2D eigenvalue weighted by molar-refractivity contribution is 5.59. The van der Waals surface area contributed by atoms with E-state index in [1.807, 2.05) is 18.2 Å². The molecule has 0 saturated carbocycles. The minimum Gasteiger partial charge on any atom is -0.370 e. The molecule has 0 fully saturated rings. The molecule has 3 aromatic rings. The Bertz CT molecular complexity index is 866. The van der Waals surface area contributed by atoms with Gasteiger partial charge in [0, 0.05) is 25.0 Å². The smallest absolute Gasteiger partial charge is 0.231 e. The van der Waals surface area contributed by atoms with Gasteiger partial charge in [0.25, 0.3) is 0 Å². The van der Waals surface area contributed by atoms with Crippen molar-refractivity contribution in [2.45, 2.75) is 20.3 Å². The molecule has 3 rings (SSSR count). The van der Waals surface area contributed by atoms with Crippen molar-refractivity contribution in [2.75, 3.05) is 23.3 Å². The van der Waals surface area contributed by atoms with Crippen molar-refractivity contribution in [3.63, 3.8) is 0 Å². The summed E-state index contributed by atoms with van der Waals surface area (Å²) >= 11 is 0. The molecule has 0 aliphatic rings. The molecule has 0 atom stereocenters. The third kappa shape index (κ3) is 4.36. The fraction of sp³-hybridized carbons (Fsp3) is 0.238. The summed E-state index contributed by atoms with van der Waals surface area (Å²) in [5.74, 6) is 1.21. The van der Waals surface area contributed by atoms with E-state index in [1.165, 1.54) is 11.6 Å². The summed E-state index contributed by atoms with van der Waals surface area (Å²) in [6.07, 6.45) is 2.34. The van der Waals surface area contributed by atoms with Crippen LogP contribution < -0.4 is 10.2 Å². The molecule has 134 valence electrons. The zero-order valence-corrected chi connectivity index (χ0v) is 15.1. The fourth-order valence-electron chi connectivity index (χ4n) is 2.84. The topological polar surface area (TPSA) is 41.1 Å². The number of aromatic nitrogens is 2. The average Bonchev–Trinajstić information content (AvgIpc) is 2.64. The first kappa shape index (κ1) is 17.9. The Labute approximate surface area is 153 Å². The molecule has 0 spiro atoms. The van der Waals surface area contributed by atoms with Crippen LogP contribution in [0.3, 0.4) is 0 Å². The maximum Gasteiger partial charge on any atom is 0.231 e. The van der Waals surface area contributed by atoms with Gasteiger partial charge in [-0.15, -0.1) is 0 Å². The lowest BCUT2D eigenvalue weighted by atomic mass is 10.1. The standard InChI is InChI=1S/C21H23FN4/c1-3-26(18-9-6-7-16(2)15-18)21-24-14-12-20(25-21)23-13-11-17-8-4-5-10-19(17)22/h4-10,12,14-15H,3,11,13H2,1-2H3,(H,23,24,25). The van der Waals surface area contributed by atoms with E-state index >= 15 is 0 Å². The van der Waals surface area contributed by atoms with Gasteiger partial charge in [-0.1, -0.05) is 30.3 Å². The van der Waals surface area contributed by atoms with Crippen LogP contribution in [0.15, 0.2) is 60.8 Å². The summed E-state index contributed by atoms with van der Waals surface area (Å²) in [5.41, 5.74) is 2.96. The number of hydrogen-bond donors (Lipinski definition) is 1. The van der Waals surface area contributed by atoms with Crippen molar-refractivity contribution >= 4 is 17.5 Å². The van der Waals surface area contributed by atoms with Crippen LogP contribution in [0.25, 0.3) is 0 Å². The maximum absolute atomic E-state index is 13.7. The van der Waals surface area contributed by atoms with Crippen LogP contribution in [0, 0.1) is 12.7 Å². The zero-order valence-electron chi connectivity index (χ0n) is 15.1. The second-order valence-electron chi connectivity index (χ2n) is 6.09. The summed E-state index contributed by atoms with van der Waals surface area (Å²) in [6, 6.07) is 16.9. The maximum atomic E-state index is 13.7.